The largest absolute Gasteiger partial charge is 0.465 e. The predicted molar refractivity (Wildman–Crippen MR) is 64.8 cm³/mol. The average molecular weight is 241 g/mol. The minimum atomic E-state index is -0.408. The fourth-order valence-corrected chi connectivity index (χ4v) is 1.71. The van der Waals surface area contributed by atoms with Crippen LogP contribution < -0.4 is 0 Å². The highest BCUT2D eigenvalue weighted by Gasteiger charge is 2.13. The van der Waals surface area contributed by atoms with Crippen molar-refractivity contribution in [3.05, 3.63) is 41.1 Å². The van der Waals surface area contributed by atoms with E-state index in [0.717, 1.165) is 11.1 Å². The van der Waals surface area contributed by atoms with E-state index < -0.39 is 5.97 Å². The van der Waals surface area contributed by atoms with E-state index in [9.17, 15) is 4.79 Å². The molecule has 0 saturated carbocycles. The number of hydrogen-bond acceptors (Lipinski definition) is 4. The molecule has 0 aliphatic carbocycles. The molecule has 18 heavy (non-hydrogen) atoms. The molecule has 2 rings (SSSR count). The van der Waals surface area contributed by atoms with Crippen molar-refractivity contribution in [1.82, 2.24) is 10.2 Å². The summed E-state index contributed by atoms with van der Waals surface area (Å²) in [7, 11) is 1.33. The summed E-state index contributed by atoms with van der Waals surface area (Å²) in [5.74, 6) is -0.408. The number of carbonyl (C=O) groups is 1. The van der Waals surface area contributed by atoms with Gasteiger partial charge in [-0.05, 0) is 24.6 Å². The molecule has 5 nitrogen and oxygen atoms in total. The van der Waals surface area contributed by atoms with Crippen LogP contribution in [0.5, 0.6) is 0 Å². The summed E-state index contributed by atoms with van der Waals surface area (Å²) in [6.45, 7) is 1.90. The fraction of sp³-hybridized carbons (Fsp3) is 0.154. The zero-order valence-electron chi connectivity index (χ0n) is 10.0. The van der Waals surface area contributed by atoms with Crippen molar-refractivity contribution in [2.45, 2.75) is 6.92 Å². The molecule has 1 heterocycles. The molecule has 1 N–H and O–H groups in total. The molecule has 0 bridgehead atoms. The van der Waals surface area contributed by atoms with E-state index in [-0.39, 0.29) is 0 Å². The maximum atomic E-state index is 11.5. The molecule has 5 heteroatoms. The first-order chi connectivity index (χ1) is 8.67. The van der Waals surface area contributed by atoms with Crippen LogP contribution in [-0.2, 0) is 4.74 Å². The van der Waals surface area contributed by atoms with Crippen LogP contribution in [0.25, 0.3) is 11.3 Å². The molecule has 2 aromatic rings. The number of nitriles is 1. The first-order valence-electron chi connectivity index (χ1n) is 5.30. The van der Waals surface area contributed by atoms with E-state index in [4.69, 9.17) is 5.26 Å². The summed E-state index contributed by atoms with van der Waals surface area (Å²) in [6.07, 6.45) is 1.46. The van der Waals surface area contributed by atoms with Crippen LogP contribution in [-0.4, -0.2) is 23.3 Å². The number of rotatable bonds is 2. The van der Waals surface area contributed by atoms with Gasteiger partial charge in [-0.1, -0.05) is 6.07 Å². The lowest BCUT2D eigenvalue weighted by atomic mass is 10.0. The van der Waals surface area contributed by atoms with Crippen molar-refractivity contribution in [3.8, 4) is 17.3 Å². The van der Waals surface area contributed by atoms with Gasteiger partial charge in [0.15, 0.2) is 0 Å². The van der Waals surface area contributed by atoms with Crippen LogP contribution in [0.2, 0.25) is 0 Å². The highest BCUT2D eigenvalue weighted by Crippen LogP contribution is 2.25. The van der Waals surface area contributed by atoms with Crippen LogP contribution in [0.1, 0.15) is 21.5 Å². The van der Waals surface area contributed by atoms with Crippen molar-refractivity contribution >= 4 is 5.97 Å². The number of benzene rings is 1. The molecule has 0 radical (unpaired) electrons. The van der Waals surface area contributed by atoms with E-state index in [1.54, 1.807) is 12.1 Å². The van der Waals surface area contributed by atoms with Gasteiger partial charge in [-0.2, -0.15) is 10.4 Å². The van der Waals surface area contributed by atoms with Crippen LogP contribution in [0, 0.1) is 18.3 Å². The van der Waals surface area contributed by atoms with Gasteiger partial charge in [-0.25, -0.2) is 4.79 Å². The minimum Gasteiger partial charge on any atom is -0.465 e. The number of ether oxygens (including phenoxy) is 1. The Morgan fingerprint density at radius 2 is 2.28 bits per heavy atom. The second-order valence-electron chi connectivity index (χ2n) is 3.79. The third-order valence-electron chi connectivity index (χ3n) is 2.69. The van der Waals surface area contributed by atoms with Gasteiger partial charge < -0.3 is 4.74 Å². The molecule has 0 aliphatic heterocycles. The Kier molecular flexibility index (Phi) is 3.11. The number of esters is 1. The number of carbonyl (C=O) groups excluding carboxylic acids is 1. The lowest BCUT2D eigenvalue weighted by molar-refractivity contribution is 0.0601. The van der Waals surface area contributed by atoms with Gasteiger partial charge in [-0.3, -0.25) is 5.10 Å². The molecule has 0 saturated heterocycles. The Morgan fingerprint density at radius 3 is 2.94 bits per heavy atom. The number of methoxy groups -OCH3 is 1. The second kappa shape index (κ2) is 4.72. The van der Waals surface area contributed by atoms with Crippen LogP contribution in [0.15, 0.2) is 24.4 Å². The molecule has 90 valence electrons. The van der Waals surface area contributed by atoms with Crippen molar-refractivity contribution in [2.75, 3.05) is 7.11 Å². The lowest BCUT2D eigenvalue weighted by Crippen LogP contribution is -2.02. The van der Waals surface area contributed by atoms with Gasteiger partial charge in [-0.15, -0.1) is 0 Å². The number of aromatic amines is 1. The van der Waals surface area contributed by atoms with Crippen molar-refractivity contribution in [3.63, 3.8) is 0 Å². The van der Waals surface area contributed by atoms with E-state index in [1.807, 2.05) is 13.0 Å². The Balaban J connectivity index is 2.58. The number of aryl methyl sites for hydroxylation is 1. The average Bonchev–Trinajstić information content (AvgIpc) is 2.86. The first-order valence-corrected chi connectivity index (χ1v) is 5.30. The summed E-state index contributed by atoms with van der Waals surface area (Å²) < 4.78 is 4.68. The molecular weight excluding hydrogens is 230 g/mol. The first kappa shape index (κ1) is 11.9. The SMILES string of the molecule is COC(=O)c1ccc(C)c(-c2[nH]ncc2C#N)c1. The lowest BCUT2D eigenvalue weighted by Gasteiger charge is -2.06. The van der Waals surface area contributed by atoms with Gasteiger partial charge >= 0.3 is 5.97 Å². The van der Waals surface area contributed by atoms with Crippen LogP contribution in [0.4, 0.5) is 0 Å². The Hall–Kier alpha value is -2.61. The highest BCUT2D eigenvalue weighted by atomic mass is 16.5. The van der Waals surface area contributed by atoms with Gasteiger partial charge in [0, 0.05) is 5.56 Å². The quantitative estimate of drug-likeness (QED) is 0.816. The van der Waals surface area contributed by atoms with E-state index >= 15 is 0 Å². The third-order valence-corrected chi connectivity index (χ3v) is 2.69. The predicted octanol–water partition coefficient (Wildman–Crippen LogP) is 2.04. The highest BCUT2D eigenvalue weighted by molar-refractivity contribution is 5.91. The molecule has 0 unspecified atom stereocenters. The summed E-state index contributed by atoms with van der Waals surface area (Å²) >= 11 is 0. The Morgan fingerprint density at radius 1 is 1.50 bits per heavy atom. The second-order valence-corrected chi connectivity index (χ2v) is 3.79. The topological polar surface area (TPSA) is 78.8 Å². The minimum absolute atomic E-state index is 0.408. The van der Waals surface area contributed by atoms with E-state index in [0.29, 0.717) is 16.8 Å². The normalized spacial score (nSPS) is 9.83. The van der Waals surface area contributed by atoms with Crippen molar-refractivity contribution in [2.24, 2.45) is 0 Å². The van der Waals surface area contributed by atoms with Crippen LogP contribution in [0.3, 0.4) is 0 Å². The van der Waals surface area contributed by atoms with Crippen molar-refractivity contribution < 1.29 is 9.53 Å². The molecule has 1 aromatic heterocycles. The maximum Gasteiger partial charge on any atom is 0.337 e. The number of H-pyrrole nitrogens is 1. The van der Waals surface area contributed by atoms with E-state index in [1.165, 1.54) is 13.3 Å². The Labute approximate surface area is 104 Å². The molecule has 0 spiro atoms. The zero-order chi connectivity index (χ0) is 13.1. The third kappa shape index (κ3) is 1.96. The molecule has 0 amide bonds. The van der Waals surface area contributed by atoms with Crippen LogP contribution >= 0.6 is 0 Å². The smallest absolute Gasteiger partial charge is 0.337 e. The van der Waals surface area contributed by atoms with E-state index in [2.05, 4.69) is 21.0 Å². The molecule has 1 aromatic carbocycles. The molecule has 0 fully saturated rings. The van der Waals surface area contributed by atoms with Gasteiger partial charge in [0.1, 0.15) is 6.07 Å². The van der Waals surface area contributed by atoms with Gasteiger partial charge in [0.25, 0.3) is 0 Å². The van der Waals surface area contributed by atoms with Gasteiger partial charge in [0.05, 0.1) is 30.1 Å². The molecule has 0 aliphatic rings. The summed E-state index contributed by atoms with van der Waals surface area (Å²) in [4.78, 5) is 11.5. The number of nitrogens with one attached hydrogen (secondary N) is 1. The standard InChI is InChI=1S/C13H11N3O2/c1-8-3-4-9(13(17)18-2)5-11(8)12-10(6-14)7-15-16-12/h3-5,7H,1-2H3,(H,15,16). The number of aromatic nitrogens is 2. The Bertz CT molecular complexity index is 638. The van der Waals surface area contributed by atoms with Crippen molar-refractivity contribution in [1.29, 1.82) is 5.26 Å². The summed E-state index contributed by atoms with van der Waals surface area (Å²) in [5.41, 5.74) is 3.22. The maximum absolute atomic E-state index is 11.5. The fourth-order valence-electron chi connectivity index (χ4n) is 1.71. The monoisotopic (exact) mass is 241 g/mol. The van der Waals surface area contributed by atoms with Gasteiger partial charge in [0.2, 0.25) is 0 Å². The number of hydrogen-bond donors (Lipinski definition) is 1. The molecule has 0 atom stereocenters. The summed E-state index contributed by atoms with van der Waals surface area (Å²) in [5, 5.41) is 15.6. The number of nitrogens with zero attached hydrogens (tertiary/aromatic N) is 2. The summed E-state index contributed by atoms with van der Waals surface area (Å²) in [6, 6.07) is 7.24. The zero-order valence-corrected chi connectivity index (χ0v) is 10.0. The molecular formula is C13H11N3O2.